The van der Waals surface area contributed by atoms with Crippen LogP contribution in [0.25, 0.3) is 0 Å². The van der Waals surface area contributed by atoms with Crippen LogP contribution in [0.3, 0.4) is 0 Å². The Morgan fingerprint density at radius 3 is 2.30 bits per heavy atom. The number of carbonyl (C=O) groups excluding carboxylic acids is 1. The molecule has 3 aromatic rings. The van der Waals surface area contributed by atoms with E-state index >= 15 is 0 Å². The molecule has 0 spiro atoms. The van der Waals surface area contributed by atoms with Crippen LogP contribution < -0.4 is 5.32 Å². The number of hydrogen-bond acceptors (Lipinski definition) is 1. The van der Waals surface area contributed by atoms with Gasteiger partial charge in [0.15, 0.2) is 0 Å². The fraction of sp³-hybridized carbons (Fsp3) is 0.150. The summed E-state index contributed by atoms with van der Waals surface area (Å²) in [5.41, 5.74) is 2.99. The molecule has 1 amide bonds. The van der Waals surface area contributed by atoms with E-state index in [9.17, 15) is 4.79 Å². The quantitative estimate of drug-likeness (QED) is 0.750. The summed E-state index contributed by atoms with van der Waals surface area (Å²) in [5, 5.41) is 3.09. The lowest BCUT2D eigenvalue weighted by Crippen LogP contribution is -2.26. The summed E-state index contributed by atoms with van der Waals surface area (Å²) >= 11 is 0. The topological polar surface area (TPSA) is 34.0 Å². The molecule has 3 rings (SSSR count). The van der Waals surface area contributed by atoms with Crippen LogP contribution in [0.2, 0.25) is 0 Å². The van der Waals surface area contributed by atoms with Gasteiger partial charge in [0.2, 0.25) is 0 Å². The SMILES string of the molecule is CCc1ccccc1NC(=O)[C@H](c1ccccc1)n1cccc1. The average molecular weight is 304 g/mol. The van der Waals surface area contributed by atoms with Crippen molar-refractivity contribution in [2.24, 2.45) is 0 Å². The van der Waals surface area contributed by atoms with Crippen molar-refractivity contribution in [2.75, 3.05) is 5.32 Å². The minimum Gasteiger partial charge on any atom is -0.338 e. The molecule has 116 valence electrons. The van der Waals surface area contributed by atoms with Crippen LogP contribution in [-0.4, -0.2) is 10.5 Å². The Hall–Kier alpha value is -2.81. The molecule has 1 N–H and O–H groups in total. The number of amides is 1. The van der Waals surface area contributed by atoms with Crippen molar-refractivity contribution < 1.29 is 4.79 Å². The Labute approximate surface area is 136 Å². The molecule has 0 fully saturated rings. The number of para-hydroxylation sites is 1. The highest BCUT2D eigenvalue weighted by Gasteiger charge is 2.22. The second-order valence-electron chi connectivity index (χ2n) is 5.44. The van der Waals surface area contributed by atoms with E-state index in [1.54, 1.807) is 0 Å². The molecule has 0 unspecified atom stereocenters. The average Bonchev–Trinajstić information content (AvgIpc) is 3.10. The van der Waals surface area contributed by atoms with Crippen LogP contribution in [0.4, 0.5) is 5.69 Å². The lowest BCUT2D eigenvalue weighted by molar-refractivity contribution is -0.118. The standard InChI is InChI=1S/C20H20N2O/c1-2-16-10-6-7-13-18(16)21-20(23)19(22-14-8-9-15-22)17-11-4-3-5-12-17/h3-15,19H,2H2,1H3,(H,21,23)/t19-/m0/s1. The lowest BCUT2D eigenvalue weighted by atomic mass is 10.0. The molecule has 0 bridgehead atoms. The van der Waals surface area contributed by atoms with Crippen LogP contribution in [0.5, 0.6) is 0 Å². The van der Waals surface area contributed by atoms with E-state index in [1.807, 2.05) is 83.7 Å². The highest BCUT2D eigenvalue weighted by Crippen LogP contribution is 2.22. The first kappa shape index (κ1) is 15.1. The molecular weight excluding hydrogens is 284 g/mol. The van der Waals surface area contributed by atoms with E-state index in [4.69, 9.17) is 0 Å². The van der Waals surface area contributed by atoms with Gasteiger partial charge in [-0.3, -0.25) is 4.79 Å². The van der Waals surface area contributed by atoms with Crippen LogP contribution in [0, 0.1) is 0 Å². The largest absolute Gasteiger partial charge is 0.338 e. The second-order valence-corrected chi connectivity index (χ2v) is 5.44. The third kappa shape index (κ3) is 3.34. The number of nitrogens with zero attached hydrogens (tertiary/aromatic N) is 1. The molecule has 1 aromatic heterocycles. The van der Waals surface area contributed by atoms with Crippen molar-refractivity contribution in [3.05, 3.63) is 90.3 Å². The van der Waals surface area contributed by atoms with Gasteiger partial charge < -0.3 is 9.88 Å². The van der Waals surface area contributed by atoms with E-state index in [0.29, 0.717) is 0 Å². The van der Waals surface area contributed by atoms with E-state index in [-0.39, 0.29) is 11.9 Å². The molecule has 0 saturated heterocycles. The first-order chi connectivity index (χ1) is 11.3. The summed E-state index contributed by atoms with van der Waals surface area (Å²) in [6.07, 6.45) is 4.72. The van der Waals surface area contributed by atoms with Crippen LogP contribution >= 0.6 is 0 Å². The normalized spacial score (nSPS) is 11.9. The Morgan fingerprint density at radius 2 is 1.61 bits per heavy atom. The van der Waals surface area contributed by atoms with Crippen molar-refractivity contribution in [3.63, 3.8) is 0 Å². The van der Waals surface area contributed by atoms with Gasteiger partial charge in [0.25, 0.3) is 5.91 Å². The number of nitrogens with one attached hydrogen (secondary N) is 1. The predicted molar refractivity (Wildman–Crippen MR) is 93.5 cm³/mol. The first-order valence-corrected chi connectivity index (χ1v) is 7.85. The summed E-state index contributed by atoms with van der Waals surface area (Å²) in [6.45, 7) is 2.09. The zero-order valence-corrected chi connectivity index (χ0v) is 13.1. The van der Waals surface area contributed by atoms with E-state index < -0.39 is 0 Å². The molecular formula is C20H20N2O. The highest BCUT2D eigenvalue weighted by atomic mass is 16.2. The van der Waals surface area contributed by atoms with Gasteiger partial charge in [0.05, 0.1) is 0 Å². The van der Waals surface area contributed by atoms with Gasteiger partial charge in [-0.1, -0.05) is 55.5 Å². The Bertz CT molecular complexity index is 763. The van der Waals surface area contributed by atoms with Gasteiger partial charge in [-0.25, -0.2) is 0 Å². The van der Waals surface area contributed by atoms with Gasteiger partial charge in [-0.2, -0.15) is 0 Å². The van der Waals surface area contributed by atoms with Gasteiger partial charge >= 0.3 is 0 Å². The zero-order valence-electron chi connectivity index (χ0n) is 13.1. The molecule has 0 aliphatic heterocycles. The fourth-order valence-corrected chi connectivity index (χ4v) is 2.77. The summed E-state index contributed by atoms with van der Waals surface area (Å²) in [7, 11) is 0. The van der Waals surface area contributed by atoms with Crippen molar-refractivity contribution in [2.45, 2.75) is 19.4 Å². The summed E-state index contributed by atoms with van der Waals surface area (Å²) < 4.78 is 1.93. The van der Waals surface area contributed by atoms with Crippen LogP contribution in [-0.2, 0) is 11.2 Å². The molecule has 0 radical (unpaired) electrons. The highest BCUT2D eigenvalue weighted by molar-refractivity contribution is 5.96. The minimum absolute atomic E-state index is 0.0340. The molecule has 3 nitrogen and oxygen atoms in total. The first-order valence-electron chi connectivity index (χ1n) is 7.85. The molecule has 23 heavy (non-hydrogen) atoms. The van der Waals surface area contributed by atoms with Gasteiger partial charge in [-0.05, 0) is 35.7 Å². The molecule has 2 aromatic carbocycles. The molecule has 0 aliphatic carbocycles. The number of aromatic nitrogens is 1. The van der Waals surface area contributed by atoms with Crippen molar-refractivity contribution >= 4 is 11.6 Å². The van der Waals surface area contributed by atoms with E-state index in [1.165, 1.54) is 0 Å². The van der Waals surface area contributed by atoms with Crippen LogP contribution in [0.1, 0.15) is 24.1 Å². The second kappa shape index (κ2) is 6.97. The molecule has 0 saturated carbocycles. The Kier molecular flexibility index (Phi) is 4.57. The van der Waals surface area contributed by atoms with Gasteiger partial charge in [0.1, 0.15) is 6.04 Å². The van der Waals surface area contributed by atoms with E-state index in [2.05, 4.69) is 12.2 Å². The number of rotatable bonds is 5. The zero-order chi connectivity index (χ0) is 16.1. The summed E-state index contributed by atoms with van der Waals surface area (Å²) in [4.78, 5) is 12.9. The summed E-state index contributed by atoms with van der Waals surface area (Å²) in [5.74, 6) is -0.0340. The molecule has 1 heterocycles. The molecule has 3 heteroatoms. The minimum atomic E-state index is -0.379. The maximum atomic E-state index is 12.9. The van der Waals surface area contributed by atoms with Gasteiger partial charge in [0, 0.05) is 18.1 Å². The third-order valence-electron chi connectivity index (χ3n) is 3.95. The third-order valence-corrected chi connectivity index (χ3v) is 3.95. The summed E-state index contributed by atoms with van der Waals surface area (Å²) in [6, 6.07) is 21.3. The number of hydrogen-bond donors (Lipinski definition) is 1. The predicted octanol–water partition coefficient (Wildman–Crippen LogP) is 4.28. The van der Waals surface area contributed by atoms with Gasteiger partial charge in [-0.15, -0.1) is 0 Å². The number of benzene rings is 2. The number of anilines is 1. The molecule has 1 atom stereocenters. The maximum Gasteiger partial charge on any atom is 0.252 e. The monoisotopic (exact) mass is 304 g/mol. The van der Waals surface area contributed by atoms with Crippen molar-refractivity contribution in [1.29, 1.82) is 0 Å². The number of carbonyl (C=O) groups is 1. The Morgan fingerprint density at radius 1 is 0.957 bits per heavy atom. The van der Waals surface area contributed by atoms with Crippen molar-refractivity contribution in [3.8, 4) is 0 Å². The lowest BCUT2D eigenvalue weighted by Gasteiger charge is -2.20. The fourth-order valence-electron chi connectivity index (χ4n) is 2.77. The Balaban J connectivity index is 1.93. The smallest absolute Gasteiger partial charge is 0.252 e. The van der Waals surface area contributed by atoms with Crippen molar-refractivity contribution in [1.82, 2.24) is 4.57 Å². The number of aryl methyl sites for hydroxylation is 1. The van der Waals surface area contributed by atoms with E-state index in [0.717, 1.165) is 23.2 Å². The molecule has 0 aliphatic rings. The maximum absolute atomic E-state index is 12.9. The van der Waals surface area contributed by atoms with Crippen LogP contribution in [0.15, 0.2) is 79.1 Å².